The molecule has 1 amide bonds. The molecule has 2 rings (SSSR count). The van der Waals surface area contributed by atoms with Crippen LogP contribution in [0.5, 0.6) is 0 Å². The lowest BCUT2D eigenvalue weighted by Gasteiger charge is -2.02. The zero-order chi connectivity index (χ0) is 15.9. The maximum atomic E-state index is 11.9. The van der Waals surface area contributed by atoms with Crippen molar-refractivity contribution >= 4 is 41.4 Å². The zero-order valence-electron chi connectivity index (χ0n) is 11.9. The number of carbonyl (C=O) groups excluding carboxylic acids is 1. The van der Waals surface area contributed by atoms with Gasteiger partial charge in [0.1, 0.15) is 0 Å². The summed E-state index contributed by atoms with van der Waals surface area (Å²) in [6, 6.07) is 14.5. The van der Waals surface area contributed by atoms with E-state index >= 15 is 0 Å². The first kappa shape index (κ1) is 16.3. The van der Waals surface area contributed by atoms with Crippen LogP contribution in [0.4, 0.5) is 0 Å². The highest BCUT2D eigenvalue weighted by Gasteiger charge is 2.09. The van der Waals surface area contributed by atoms with Crippen molar-refractivity contribution < 1.29 is 4.79 Å². The average molecular weight is 333 g/mol. The Balaban J connectivity index is 2.00. The molecule has 112 valence electrons. The largest absolute Gasteiger partial charge is 0.272 e. The summed E-state index contributed by atoms with van der Waals surface area (Å²) in [5.74, 6) is -0.384. The molecule has 0 bridgehead atoms. The quantitative estimate of drug-likeness (QED) is 0.633. The molecular weight excluding hydrogens is 319 g/mol. The minimum Gasteiger partial charge on any atom is -0.267 e. The number of hydrogen-bond donors (Lipinski definition) is 1. The number of hydrogen-bond acceptors (Lipinski definition) is 2. The van der Waals surface area contributed by atoms with Crippen LogP contribution in [-0.2, 0) is 0 Å². The molecule has 22 heavy (non-hydrogen) atoms. The van der Waals surface area contributed by atoms with Crippen LogP contribution in [0.3, 0.4) is 0 Å². The monoisotopic (exact) mass is 332 g/mol. The van der Waals surface area contributed by atoms with Crippen molar-refractivity contribution in [1.29, 1.82) is 0 Å². The van der Waals surface area contributed by atoms with Gasteiger partial charge in [-0.3, -0.25) is 4.79 Å². The third-order valence-electron chi connectivity index (χ3n) is 2.80. The van der Waals surface area contributed by atoms with Crippen molar-refractivity contribution in [2.75, 3.05) is 0 Å². The molecule has 1 N–H and O–H groups in total. The Labute approximate surface area is 139 Å². The SMILES string of the molecule is CC(/C=N/NC(=O)c1ccc(Cl)cc1Cl)=C\c1ccccc1. The van der Waals surface area contributed by atoms with Crippen molar-refractivity contribution in [2.24, 2.45) is 5.10 Å². The predicted molar refractivity (Wildman–Crippen MR) is 92.5 cm³/mol. The van der Waals surface area contributed by atoms with Crippen LogP contribution in [0, 0.1) is 0 Å². The standard InChI is InChI=1S/C17H14Cl2N2O/c1-12(9-13-5-3-2-4-6-13)11-20-21-17(22)15-8-7-14(18)10-16(15)19/h2-11H,1H3,(H,21,22)/b12-9+,20-11+. The Morgan fingerprint density at radius 2 is 1.86 bits per heavy atom. The first-order valence-corrected chi connectivity index (χ1v) is 7.33. The number of carbonyl (C=O) groups is 1. The third-order valence-corrected chi connectivity index (χ3v) is 3.35. The number of nitrogens with zero attached hydrogens (tertiary/aromatic N) is 1. The first-order chi connectivity index (χ1) is 10.6. The summed E-state index contributed by atoms with van der Waals surface area (Å²) < 4.78 is 0. The summed E-state index contributed by atoms with van der Waals surface area (Å²) in [7, 11) is 0. The van der Waals surface area contributed by atoms with E-state index in [1.54, 1.807) is 18.3 Å². The molecule has 0 aromatic heterocycles. The molecule has 0 unspecified atom stereocenters. The molecule has 0 saturated heterocycles. The van der Waals surface area contributed by atoms with Crippen LogP contribution in [0.2, 0.25) is 10.0 Å². The number of amides is 1. The number of hydrazone groups is 1. The lowest BCUT2D eigenvalue weighted by Crippen LogP contribution is -2.17. The van der Waals surface area contributed by atoms with Crippen LogP contribution in [0.1, 0.15) is 22.8 Å². The number of allylic oxidation sites excluding steroid dienone is 1. The van der Waals surface area contributed by atoms with Crippen LogP contribution in [0.25, 0.3) is 6.08 Å². The molecule has 0 spiro atoms. The van der Waals surface area contributed by atoms with E-state index in [1.807, 2.05) is 43.3 Å². The maximum absolute atomic E-state index is 11.9. The van der Waals surface area contributed by atoms with Crippen molar-refractivity contribution in [3.05, 3.63) is 75.3 Å². The molecule has 0 aliphatic rings. The Kier molecular flexibility index (Phi) is 5.75. The van der Waals surface area contributed by atoms with E-state index in [0.29, 0.717) is 10.6 Å². The highest BCUT2D eigenvalue weighted by atomic mass is 35.5. The average Bonchev–Trinajstić information content (AvgIpc) is 2.48. The van der Waals surface area contributed by atoms with Gasteiger partial charge in [0.25, 0.3) is 5.91 Å². The van der Waals surface area contributed by atoms with Gasteiger partial charge < -0.3 is 0 Å². The molecular formula is C17H14Cl2N2O. The van der Waals surface area contributed by atoms with Gasteiger partial charge >= 0.3 is 0 Å². The second-order valence-corrected chi connectivity index (χ2v) is 5.47. The van der Waals surface area contributed by atoms with E-state index in [4.69, 9.17) is 23.2 Å². The molecule has 5 heteroatoms. The van der Waals surface area contributed by atoms with Crippen molar-refractivity contribution in [3.8, 4) is 0 Å². The van der Waals surface area contributed by atoms with Gasteiger partial charge in [-0.25, -0.2) is 5.43 Å². The van der Waals surface area contributed by atoms with Gasteiger partial charge in [-0.2, -0.15) is 5.10 Å². The molecule has 0 saturated carbocycles. The van der Waals surface area contributed by atoms with Crippen LogP contribution < -0.4 is 5.43 Å². The number of benzene rings is 2. The molecule has 0 aliphatic carbocycles. The van der Waals surface area contributed by atoms with Gasteiger partial charge in [0.2, 0.25) is 0 Å². The van der Waals surface area contributed by atoms with E-state index in [9.17, 15) is 4.79 Å². The van der Waals surface area contributed by atoms with Gasteiger partial charge in [0.05, 0.1) is 16.8 Å². The minimum absolute atomic E-state index is 0.289. The summed E-state index contributed by atoms with van der Waals surface area (Å²) in [6.45, 7) is 1.90. The maximum Gasteiger partial charge on any atom is 0.272 e. The summed E-state index contributed by atoms with van der Waals surface area (Å²) in [5, 5.41) is 4.69. The number of nitrogens with one attached hydrogen (secondary N) is 1. The van der Waals surface area contributed by atoms with Crippen molar-refractivity contribution in [2.45, 2.75) is 6.92 Å². The van der Waals surface area contributed by atoms with Gasteiger partial charge in [-0.05, 0) is 36.3 Å². The smallest absolute Gasteiger partial charge is 0.267 e. The van der Waals surface area contributed by atoms with E-state index < -0.39 is 0 Å². The summed E-state index contributed by atoms with van der Waals surface area (Å²) >= 11 is 11.8. The first-order valence-electron chi connectivity index (χ1n) is 6.58. The molecule has 3 nitrogen and oxygen atoms in total. The van der Waals surface area contributed by atoms with Gasteiger partial charge in [0, 0.05) is 5.02 Å². The topological polar surface area (TPSA) is 41.5 Å². The molecule has 0 radical (unpaired) electrons. The normalized spacial score (nSPS) is 11.7. The lowest BCUT2D eigenvalue weighted by molar-refractivity contribution is 0.0955. The summed E-state index contributed by atoms with van der Waals surface area (Å²) in [4.78, 5) is 11.9. The number of rotatable bonds is 4. The number of halogens is 2. The van der Waals surface area contributed by atoms with Gasteiger partial charge in [0.15, 0.2) is 0 Å². The summed E-state index contributed by atoms with van der Waals surface area (Å²) in [6.07, 6.45) is 3.54. The fraction of sp³-hybridized carbons (Fsp3) is 0.0588. The molecule has 0 atom stereocenters. The Hall–Kier alpha value is -2.10. The Bertz CT molecular complexity index is 725. The van der Waals surface area contributed by atoms with Crippen LogP contribution in [-0.4, -0.2) is 12.1 Å². The van der Waals surface area contributed by atoms with Crippen molar-refractivity contribution in [3.63, 3.8) is 0 Å². The zero-order valence-corrected chi connectivity index (χ0v) is 13.4. The van der Waals surface area contributed by atoms with E-state index in [0.717, 1.165) is 11.1 Å². The van der Waals surface area contributed by atoms with E-state index in [-0.39, 0.29) is 10.9 Å². The van der Waals surface area contributed by atoms with E-state index in [1.165, 1.54) is 6.07 Å². The molecule has 0 aliphatic heterocycles. The Morgan fingerprint density at radius 1 is 1.14 bits per heavy atom. The molecule has 2 aromatic rings. The minimum atomic E-state index is -0.384. The van der Waals surface area contributed by atoms with Crippen LogP contribution >= 0.6 is 23.2 Å². The Morgan fingerprint density at radius 3 is 2.55 bits per heavy atom. The highest BCUT2D eigenvalue weighted by molar-refractivity contribution is 6.36. The van der Waals surface area contributed by atoms with Crippen LogP contribution in [0.15, 0.2) is 59.2 Å². The molecule has 0 fully saturated rings. The second-order valence-electron chi connectivity index (χ2n) is 4.62. The van der Waals surface area contributed by atoms with E-state index in [2.05, 4.69) is 10.5 Å². The fourth-order valence-corrected chi connectivity index (χ4v) is 2.27. The molecule has 0 heterocycles. The fourth-order valence-electron chi connectivity index (χ4n) is 1.78. The predicted octanol–water partition coefficient (Wildman–Crippen LogP) is 4.81. The molecule has 2 aromatic carbocycles. The van der Waals surface area contributed by atoms with Gasteiger partial charge in [-0.1, -0.05) is 59.6 Å². The van der Waals surface area contributed by atoms with Crippen molar-refractivity contribution in [1.82, 2.24) is 5.43 Å². The highest BCUT2D eigenvalue weighted by Crippen LogP contribution is 2.20. The third kappa shape index (κ3) is 4.72. The second kappa shape index (κ2) is 7.78. The lowest BCUT2D eigenvalue weighted by atomic mass is 10.1. The van der Waals surface area contributed by atoms with Gasteiger partial charge in [-0.15, -0.1) is 0 Å². The summed E-state index contributed by atoms with van der Waals surface area (Å²) in [5.41, 5.74) is 4.74.